The van der Waals surface area contributed by atoms with Gasteiger partial charge in [0, 0.05) is 16.1 Å². The van der Waals surface area contributed by atoms with E-state index in [4.69, 9.17) is 16.1 Å². The maximum Gasteiger partial charge on any atom is 0.193 e. The van der Waals surface area contributed by atoms with Crippen molar-refractivity contribution < 1.29 is 13.9 Å². The van der Waals surface area contributed by atoms with Crippen LogP contribution >= 0.6 is 11.6 Å². The minimum atomic E-state index is -1.43. The molecule has 5 nitrogen and oxygen atoms in total. The van der Waals surface area contributed by atoms with Gasteiger partial charge in [-0.05, 0) is 57.5 Å². The second-order valence-electron chi connectivity index (χ2n) is 7.48. The zero-order valence-corrected chi connectivity index (χ0v) is 18.2. The third kappa shape index (κ3) is 4.78. The Kier molecular flexibility index (Phi) is 6.27. The van der Waals surface area contributed by atoms with Crippen LogP contribution in [0.25, 0.3) is 11.1 Å². The van der Waals surface area contributed by atoms with Crippen molar-refractivity contribution in [1.29, 1.82) is 0 Å². The van der Waals surface area contributed by atoms with E-state index < -0.39 is 16.1 Å². The first-order valence-electron chi connectivity index (χ1n) is 9.00. The van der Waals surface area contributed by atoms with Crippen LogP contribution in [0.1, 0.15) is 48.1 Å². The van der Waals surface area contributed by atoms with Gasteiger partial charge in [-0.2, -0.15) is 0 Å². The van der Waals surface area contributed by atoms with Crippen molar-refractivity contribution in [2.75, 3.05) is 0 Å². The highest BCUT2D eigenvalue weighted by atomic mass is 35.5. The molecule has 0 saturated heterocycles. The van der Waals surface area contributed by atoms with Crippen molar-refractivity contribution in [2.45, 2.75) is 32.4 Å². The lowest BCUT2D eigenvalue weighted by Crippen LogP contribution is -2.25. The van der Waals surface area contributed by atoms with E-state index in [0.717, 1.165) is 0 Å². The molecule has 7 heteroatoms. The van der Waals surface area contributed by atoms with Crippen LogP contribution in [0.2, 0.25) is 5.02 Å². The lowest BCUT2D eigenvalue weighted by atomic mass is 9.93. The van der Waals surface area contributed by atoms with E-state index in [1.54, 1.807) is 43.3 Å². The zero-order valence-electron chi connectivity index (χ0n) is 16.6. The SMILES string of the molecule is Cc1onc(/C=N/[S+]([O-])C(C)(C)C)c1-c1ccccc1C(=O)c1ccc(Cl)cc1. The molecule has 0 aliphatic heterocycles. The van der Waals surface area contributed by atoms with Gasteiger partial charge in [-0.3, -0.25) is 4.79 Å². The van der Waals surface area contributed by atoms with Gasteiger partial charge in [-0.1, -0.05) is 45.4 Å². The van der Waals surface area contributed by atoms with Gasteiger partial charge in [0.05, 0.1) is 5.56 Å². The first kappa shape index (κ1) is 21.3. The fourth-order valence-electron chi connectivity index (χ4n) is 2.72. The number of halogens is 1. The van der Waals surface area contributed by atoms with E-state index in [9.17, 15) is 9.35 Å². The number of hydrogen-bond donors (Lipinski definition) is 0. The monoisotopic (exact) mass is 428 g/mol. The molecule has 0 aliphatic rings. The van der Waals surface area contributed by atoms with Gasteiger partial charge < -0.3 is 9.08 Å². The normalized spacial score (nSPS) is 13.0. The summed E-state index contributed by atoms with van der Waals surface area (Å²) in [5.74, 6) is 0.406. The Morgan fingerprint density at radius 3 is 2.48 bits per heavy atom. The summed E-state index contributed by atoms with van der Waals surface area (Å²) in [5.41, 5.74) is 2.79. The van der Waals surface area contributed by atoms with E-state index in [1.807, 2.05) is 32.9 Å². The summed E-state index contributed by atoms with van der Waals surface area (Å²) in [7, 11) is 0. The molecule has 1 atom stereocenters. The number of carbonyl (C=O) groups is 1. The molecule has 0 N–H and O–H groups in total. The number of ketones is 1. The van der Waals surface area contributed by atoms with Crippen molar-refractivity contribution in [3.63, 3.8) is 0 Å². The maximum absolute atomic E-state index is 13.1. The summed E-state index contributed by atoms with van der Waals surface area (Å²) in [6, 6.07) is 14.0. The van der Waals surface area contributed by atoms with Crippen molar-refractivity contribution in [2.24, 2.45) is 4.40 Å². The molecule has 0 aliphatic carbocycles. The van der Waals surface area contributed by atoms with Crippen molar-refractivity contribution in [3.8, 4) is 11.1 Å². The van der Waals surface area contributed by atoms with E-state index in [2.05, 4.69) is 9.55 Å². The quantitative estimate of drug-likeness (QED) is 0.309. The number of hydrogen-bond acceptors (Lipinski definition) is 5. The number of nitrogens with zero attached hydrogens (tertiary/aromatic N) is 2. The summed E-state index contributed by atoms with van der Waals surface area (Å²) >= 11 is 4.51. The topological polar surface area (TPSA) is 78.5 Å². The Balaban J connectivity index is 2.05. The first-order chi connectivity index (χ1) is 13.7. The van der Waals surface area contributed by atoms with Crippen LogP contribution in [0.4, 0.5) is 0 Å². The molecule has 0 bridgehead atoms. The van der Waals surface area contributed by atoms with Gasteiger partial charge in [0.15, 0.2) is 5.78 Å². The standard InChI is InChI=1S/C22H21ClN2O3S/c1-14-20(19(25-28-14)13-24-29(27)22(2,3)4)17-7-5-6-8-18(17)21(26)15-9-11-16(23)12-10-15/h5-13H,1-4H3/b24-13+. The van der Waals surface area contributed by atoms with Crippen LogP contribution in [-0.4, -0.2) is 26.5 Å². The van der Waals surface area contributed by atoms with Crippen molar-refractivity contribution in [3.05, 3.63) is 76.1 Å². The van der Waals surface area contributed by atoms with Crippen LogP contribution in [-0.2, 0) is 11.4 Å². The van der Waals surface area contributed by atoms with E-state index in [1.165, 1.54) is 6.21 Å². The molecule has 3 rings (SSSR count). The molecule has 0 saturated carbocycles. The summed E-state index contributed by atoms with van der Waals surface area (Å²) in [4.78, 5) is 13.1. The van der Waals surface area contributed by atoms with Crippen molar-refractivity contribution in [1.82, 2.24) is 5.16 Å². The average Bonchev–Trinajstić information content (AvgIpc) is 3.05. The Labute approximate surface area is 178 Å². The van der Waals surface area contributed by atoms with Gasteiger partial charge in [-0.15, -0.1) is 0 Å². The Morgan fingerprint density at radius 2 is 1.83 bits per heavy atom. The second kappa shape index (κ2) is 8.53. The highest BCUT2D eigenvalue weighted by Crippen LogP contribution is 2.31. The van der Waals surface area contributed by atoms with Crippen LogP contribution in [0.15, 0.2) is 57.5 Å². The van der Waals surface area contributed by atoms with Crippen LogP contribution in [0.5, 0.6) is 0 Å². The third-order valence-electron chi connectivity index (χ3n) is 4.23. The number of benzene rings is 2. The summed E-state index contributed by atoms with van der Waals surface area (Å²) in [6.45, 7) is 7.30. The predicted octanol–water partition coefficient (Wildman–Crippen LogP) is 5.42. The number of rotatable bonds is 5. The average molecular weight is 429 g/mol. The fourth-order valence-corrected chi connectivity index (χ4v) is 3.35. The smallest absolute Gasteiger partial charge is 0.193 e. The zero-order chi connectivity index (χ0) is 21.2. The Bertz CT molecular complexity index is 1050. The molecule has 1 aromatic heterocycles. The van der Waals surface area contributed by atoms with E-state index in [0.29, 0.717) is 38.7 Å². The molecule has 0 radical (unpaired) electrons. The Hall–Kier alpha value is -2.41. The molecule has 2 aromatic carbocycles. The number of aromatic nitrogens is 1. The molecular weight excluding hydrogens is 408 g/mol. The highest BCUT2D eigenvalue weighted by molar-refractivity contribution is 7.91. The van der Waals surface area contributed by atoms with Gasteiger partial charge in [0.2, 0.25) is 0 Å². The summed E-state index contributed by atoms with van der Waals surface area (Å²) in [6.07, 6.45) is 1.44. The van der Waals surface area contributed by atoms with E-state index in [-0.39, 0.29) is 5.78 Å². The van der Waals surface area contributed by atoms with E-state index >= 15 is 0 Å². The van der Waals surface area contributed by atoms with Gasteiger partial charge >= 0.3 is 0 Å². The van der Waals surface area contributed by atoms with Crippen LogP contribution < -0.4 is 0 Å². The van der Waals surface area contributed by atoms with Crippen LogP contribution in [0, 0.1) is 6.92 Å². The molecule has 150 valence electrons. The molecule has 29 heavy (non-hydrogen) atoms. The maximum atomic E-state index is 13.1. The van der Waals surface area contributed by atoms with Crippen LogP contribution in [0.3, 0.4) is 0 Å². The minimum absolute atomic E-state index is 0.140. The molecule has 3 aromatic rings. The van der Waals surface area contributed by atoms with Gasteiger partial charge in [-0.25, -0.2) is 0 Å². The minimum Gasteiger partial charge on any atom is -0.591 e. The Morgan fingerprint density at radius 1 is 1.17 bits per heavy atom. The fraction of sp³-hybridized carbons (Fsp3) is 0.227. The molecule has 1 unspecified atom stereocenters. The van der Waals surface area contributed by atoms with Gasteiger partial charge in [0.1, 0.15) is 33.8 Å². The molecular formula is C22H21ClN2O3S. The molecule has 1 heterocycles. The largest absolute Gasteiger partial charge is 0.591 e. The molecule has 0 amide bonds. The molecule has 0 spiro atoms. The van der Waals surface area contributed by atoms with Gasteiger partial charge in [0.25, 0.3) is 0 Å². The number of aryl methyl sites for hydroxylation is 1. The summed E-state index contributed by atoms with van der Waals surface area (Å²) < 4.78 is 21.3. The summed E-state index contributed by atoms with van der Waals surface area (Å²) in [5, 5.41) is 4.61. The molecule has 0 fully saturated rings. The highest BCUT2D eigenvalue weighted by Gasteiger charge is 2.27. The second-order valence-corrected chi connectivity index (χ2v) is 9.85. The lowest BCUT2D eigenvalue weighted by Gasteiger charge is -2.17. The van der Waals surface area contributed by atoms with Crippen molar-refractivity contribution >= 4 is 35.0 Å². The number of carbonyl (C=O) groups excluding carboxylic acids is 1. The first-order valence-corrected chi connectivity index (χ1v) is 10.5. The predicted molar refractivity (Wildman–Crippen MR) is 117 cm³/mol. The third-order valence-corrected chi connectivity index (χ3v) is 5.83. The lowest BCUT2D eigenvalue weighted by molar-refractivity contribution is 0.103.